The largest absolute Gasteiger partial charge is 0.444 e. The van der Waals surface area contributed by atoms with Crippen LogP contribution < -0.4 is 0 Å². The summed E-state index contributed by atoms with van der Waals surface area (Å²) in [5.74, 6) is 0. The molecule has 0 aromatic heterocycles. The van der Waals surface area contributed by atoms with Crippen LogP contribution >= 0.6 is 15.9 Å². The van der Waals surface area contributed by atoms with Crippen molar-refractivity contribution in [3.8, 4) is 0 Å². The maximum atomic E-state index is 12.1. The molecule has 0 aromatic rings. The van der Waals surface area contributed by atoms with E-state index in [0.29, 0.717) is 4.83 Å². The molecule has 1 saturated carbocycles. The lowest BCUT2D eigenvalue weighted by Gasteiger charge is -2.55. The summed E-state index contributed by atoms with van der Waals surface area (Å²) in [4.78, 5) is 14.7. The molecule has 1 spiro atoms. The Morgan fingerprint density at radius 2 is 1.88 bits per heavy atom. The predicted molar refractivity (Wildman–Crippen MR) is 71.5 cm³/mol. The molecule has 0 unspecified atom stereocenters. The number of hydrogen-bond acceptors (Lipinski definition) is 2. The van der Waals surface area contributed by atoms with Crippen molar-refractivity contribution in [3.05, 3.63) is 0 Å². The Hall–Kier alpha value is -0.250. The van der Waals surface area contributed by atoms with Gasteiger partial charge < -0.3 is 9.64 Å². The maximum absolute atomic E-state index is 12.1. The van der Waals surface area contributed by atoms with Crippen LogP contribution in [0.1, 0.15) is 52.9 Å². The summed E-state index contributed by atoms with van der Waals surface area (Å²) in [6.07, 6.45) is 5.58. The van der Waals surface area contributed by atoms with Crippen molar-refractivity contribution in [2.45, 2.75) is 68.8 Å². The summed E-state index contributed by atoms with van der Waals surface area (Å²) in [6.45, 7) is 6.63. The van der Waals surface area contributed by atoms with Gasteiger partial charge in [-0.15, -0.1) is 0 Å². The molecule has 1 amide bonds. The molecule has 0 radical (unpaired) electrons. The van der Waals surface area contributed by atoms with Crippen molar-refractivity contribution in [3.63, 3.8) is 0 Å². The van der Waals surface area contributed by atoms with Gasteiger partial charge in [-0.1, -0.05) is 15.9 Å². The number of nitrogens with zero attached hydrogens (tertiary/aromatic N) is 1. The van der Waals surface area contributed by atoms with Gasteiger partial charge >= 0.3 is 6.09 Å². The van der Waals surface area contributed by atoms with Crippen LogP contribution in [0.2, 0.25) is 0 Å². The Balaban J connectivity index is 1.96. The van der Waals surface area contributed by atoms with Gasteiger partial charge in [0, 0.05) is 16.9 Å². The van der Waals surface area contributed by atoms with Crippen molar-refractivity contribution >= 4 is 22.0 Å². The zero-order chi connectivity index (χ0) is 12.7. The highest BCUT2D eigenvalue weighted by atomic mass is 79.9. The molecule has 17 heavy (non-hydrogen) atoms. The van der Waals surface area contributed by atoms with Crippen molar-refractivity contribution in [1.82, 2.24) is 4.90 Å². The first-order valence-electron chi connectivity index (χ1n) is 6.47. The molecule has 98 valence electrons. The highest BCUT2D eigenvalue weighted by molar-refractivity contribution is 9.09. The van der Waals surface area contributed by atoms with E-state index in [4.69, 9.17) is 4.74 Å². The third kappa shape index (κ3) is 2.78. The van der Waals surface area contributed by atoms with E-state index < -0.39 is 0 Å². The maximum Gasteiger partial charge on any atom is 0.410 e. The van der Waals surface area contributed by atoms with Gasteiger partial charge in [0.25, 0.3) is 0 Å². The first-order valence-corrected chi connectivity index (χ1v) is 7.39. The second kappa shape index (κ2) is 4.45. The van der Waals surface area contributed by atoms with Gasteiger partial charge in [-0.05, 0) is 52.9 Å². The fourth-order valence-corrected chi connectivity index (χ4v) is 3.24. The van der Waals surface area contributed by atoms with Gasteiger partial charge in [-0.3, -0.25) is 0 Å². The molecule has 3 nitrogen and oxygen atoms in total. The standard InChI is InChI=1S/C13H22BrNO2/c1-12(2,3)17-11(16)15-9-8-13(15)6-4-10(14)5-7-13/h10H,4-9H2,1-3H3. The molecule has 2 rings (SSSR count). The lowest BCUT2D eigenvalue weighted by Crippen LogP contribution is -2.64. The van der Waals surface area contributed by atoms with E-state index in [1.54, 1.807) is 0 Å². The number of hydrogen-bond donors (Lipinski definition) is 0. The molecular weight excluding hydrogens is 282 g/mol. The quantitative estimate of drug-likeness (QED) is 0.639. The number of carbonyl (C=O) groups excluding carboxylic acids is 1. The van der Waals surface area contributed by atoms with Gasteiger partial charge in [0.2, 0.25) is 0 Å². The summed E-state index contributed by atoms with van der Waals surface area (Å²) in [5, 5.41) is 0. The van der Waals surface area contributed by atoms with Crippen LogP contribution in [0.15, 0.2) is 0 Å². The molecule has 2 fully saturated rings. The summed E-state index contributed by atoms with van der Waals surface area (Å²) < 4.78 is 5.47. The fraction of sp³-hybridized carbons (Fsp3) is 0.923. The Labute approximate surface area is 112 Å². The van der Waals surface area contributed by atoms with Gasteiger partial charge in [0.1, 0.15) is 5.60 Å². The van der Waals surface area contributed by atoms with E-state index in [2.05, 4.69) is 15.9 Å². The normalized spacial score (nSPS) is 33.4. The second-order valence-electron chi connectivity index (χ2n) is 6.28. The highest BCUT2D eigenvalue weighted by Gasteiger charge is 2.49. The Bertz CT molecular complexity index is 303. The first kappa shape index (κ1) is 13.2. The Morgan fingerprint density at radius 3 is 2.29 bits per heavy atom. The van der Waals surface area contributed by atoms with E-state index in [0.717, 1.165) is 25.8 Å². The lowest BCUT2D eigenvalue weighted by atomic mass is 9.73. The monoisotopic (exact) mass is 303 g/mol. The van der Waals surface area contributed by atoms with Gasteiger partial charge in [-0.25, -0.2) is 4.79 Å². The van der Waals surface area contributed by atoms with Crippen molar-refractivity contribution in [2.24, 2.45) is 0 Å². The van der Waals surface area contributed by atoms with E-state index >= 15 is 0 Å². The molecule has 1 saturated heterocycles. The fourth-order valence-electron chi connectivity index (χ4n) is 2.78. The SMILES string of the molecule is CC(C)(C)OC(=O)N1CCC12CCC(Br)CC2. The minimum Gasteiger partial charge on any atom is -0.444 e. The minimum atomic E-state index is -0.388. The smallest absolute Gasteiger partial charge is 0.410 e. The molecular formula is C13H22BrNO2. The molecule has 1 aliphatic carbocycles. The third-order valence-electron chi connectivity index (χ3n) is 3.83. The molecule has 0 N–H and O–H groups in total. The van der Waals surface area contributed by atoms with Crippen LogP contribution in [0.5, 0.6) is 0 Å². The zero-order valence-corrected chi connectivity index (χ0v) is 12.5. The van der Waals surface area contributed by atoms with E-state index in [1.165, 1.54) is 12.8 Å². The van der Waals surface area contributed by atoms with Gasteiger partial charge in [-0.2, -0.15) is 0 Å². The summed E-state index contributed by atoms with van der Waals surface area (Å²) in [7, 11) is 0. The number of rotatable bonds is 0. The molecule has 0 aromatic carbocycles. The number of carbonyl (C=O) groups is 1. The molecule has 0 bridgehead atoms. The highest BCUT2D eigenvalue weighted by Crippen LogP contribution is 2.45. The molecule has 1 aliphatic heterocycles. The van der Waals surface area contributed by atoms with E-state index in [1.807, 2.05) is 25.7 Å². The average molecular weight is 304 g/mol. The van der Waals surface area contributed by atoms with Crippen LogP contribution in [0.3, 0.4) is 0 Å². The summed E-state index contributed by atoms with van der Waals surface area (Å²) >= 11 is 3.66. The Morgan fingerprint density at radius 1 is 1.29 bits per heavy atom. The minimum absolute atomic E-state index is 0.118. The number of likely N-dealkylation sites (tertiary alicyclic amines) is 1. The second-order valence-corrected chi connectivity index (χ2v) is 7.58. The van der Waals surface area contributed by atoms with Crippen LogP contribution in [-0.2, 0) is 4.74 Å². The van der Waals surface area contributed by atoms with E-state index in [9.17, 15) is 4.79 Å². The topological polar surface area (TPSA) is 29.5 Å². The average Bonchev–Trinajstić information content (AvgIpc) is 2.14. The van der Waals surface area contributed by atoms with E-state index in [-0.39, 0.29) is 17.2 Å². The number of ether oxygens (including phenoxy) is 1. The van der Waals surface area contributed by atoms with Crippen molar-refractivity contribution in [1.29, 1.82) is 0 Å². The number of amides is 1. The van der Waals surface area contributed by atoms with Crippen LogP contribution in [0.25, 0.3) is 0 Å². The molecule has 4 heteroatoms. The molecule has 2 aliphatic rings. The predicted octanol–water partition coefficient (Wildman–Crippen LogP) is 3.70. The molecule has 1 heterocycles. The van der Waals surface area contributed by atoms with Gasteiger partial charge in [0.15, 0.2) is 0 Å². The first-order chi connectivity index (χ1) is 7.82. The zero-order valence-electron chi connectivity index (χ0n) is 11.0. The number of alkyl halides is 1. The summed E-state index contributed by atoms with van der Waals surface area (Å²) in [5.41, 5.74) is -0.271. The lowest BCUT2D eigenvalue weighted by molar-refractivity contribution is -0.0585. The van der Waals surface area contributed by atoms with Crippen LogP contribution in [0, 0.1) is 0 Å². The number of halogens is 1. The summed E-state index contributed by atoms with van der Waals surface area (Å²) in [6, 6.07) is 0. The Kier molecular flexibility index (Phi) is 3.45. The van der Waals surface area contributed by atoms with Gasteiger partial charge in [0.05, 0.1) is 0 Å². The van der Waals surface area contributed by atoms with Crippen LogP contribution in [0.4, 0.5) is 4.79 Å². The molecule has 0 atom stereocenters. The van der Waals surface area contributed by atoms with Crippen molar-refractivity contribution in [2.75, 3.05) is 6.54 Å². The van der Waals surface area contributed by atoms with Crippen LogP contribution in [-0.4, -0.2) is 33.5 Å². The van der Waals surface area contributed by atoms with Crippen molar-refractivity contribution < 1.29 is 9.53 Å². The third-order valence-corrected chi connectivity index (χ3v) is 4.75.